The van der Waals surface area contributed by atoms with Crippen LogP contribution in [0.2, 0.25) is 0 Å². The maximum Gasteiger partial charge on any atom is 0.123 e. The Hall–Kier alpha value is -1.06. The number of nitrogens with two attached hydrogens (primary N) is 1. The zero-order valence-corrected chi connectivity index (χ0v) is 12.5. The van der Waals surface area contributed by atoms with Crippen LogP contribution in [-0.4, -0.2) is 37.1 Å². The molecule has 3 nitrogen and oxygen atoms in total. The Balaban J connectivity index is 4.76. The van der Waals surface area contributed by atoms with Gasteiger partial charge in [-0.05, 0) is 31.9 Å². The van der Waals surface area contributed by atoms with E-state index in [2.05, 4.69) is 4.99 Å². The van der Waals surface area contributed by atoms with Crippen LogP contribution in [0.15, 0.2) is 40.7 Å². The highest BCUT2D eigenvalue weighted by Gasteiger charge is 2.06. The Kier molecular flexibility index (Phi) is 9.33. The van der Waals surface area contributed by atoms with Gasteiger partial charge in [-0.3, -0.25) is 0 Å². The predicted octanol–water partition coefficient (Wildman–Crippen LogP) is 2.94. The highest BCUT2D eigenvalue weighted by atomic mass is 35.5. The van der Waals surface area contributed by atoms with Gasteiger partial charge in [-0.1, -0.05) is 18.2 Å². The first-order valence-corrected chi connectivity index (χ1v) is 6.60. The molecule has 2 N–H and O–H groups in total. The lowest BCUT2D eigenvalue weighted by Crippen LogP contribution is -2.22. The monoisotopic (exact) mass is 269 g/mol. The number of hydrogen-bond donors (Lipinski definition) is 1. The average Bonchev–Trinajstić information content (AvgIpc) is 2.33. The molecule has 0 spiro atoms. The van der Waals surface area contributed by atoms with Crippen LogP contribution in [0.3, 0.4) is 0 Å². The molecule has 0 aliphatic rings. The quantitative estimate of drug-likeness (QED) is 0.439. The van der Waals surface area contributed by atoms with E-state index in [4.69, 9.17) is 17.3 Å². The van der Waals surface area contributed by atoms with Gasteiger partial charge in [0.15, 0.2) is 0 Å². The first-order valence-electron chi connectivity index (χ1n) is 6.07. The molecule has 18 heavy (non-hydrogen) atoms. The molecule has 0 saturated heterocycles. The second-order valence-corrected chi connectivity index (χ2v) is 4.35. The number of allylic oxidation sites excluding steroid dienone is 2. The maximum absolute atomic E-state index is 6.14. The summed E-state index contributed by atoms with van der Waals surface area (Å²) >= 11 is 5.73. The zero-order valence-electron chi connectivity index (χ0n) is 11.7. The van der Waals surface area contributed by atoms with E-state index in [0.29, 0.717) is 5.88 Å². The number of alkyl halides is 1. The van der Waals surface area contributed by atoms with Crippen molar-refractivity contribution in [2.75, 3.05) is 20.0 Å². The fourth-order valence-corrected chi connectivity index (χ4v) is 1.65. The van der Waals surface area contributed by atoms with Crippen molar-refractivity contribution in [3.8, 4) is 0 Å². The molecule has 0 amide bonds. The molecule has 0 aromatic rings. The van der Waals surface area contributed by atoms with Gasteiger partial charge < -0.3 is 10.6 Å². The van der Waals surface area contributed by atoms with Crippen LogP contribution >= 0.6 is 11.6 Å². The minimum absolute atomic E-state index is 0.0537. The Morgan fingerprint density at radius 2 is 2.00 bits per heavy atom. The van der Waals surface area contributed by atoms with Gasteiger partial charge in [0.1, 0.15) is 5.82 Å². The summed E-state index contributed by atoms with van der Waals surface area (Å²) in [5.74, 6) is 1.39. The molecule has 0 aromatic carbocycles. The molecular weight excluding hydrogens is 246 g/mol. The highest BCUT2D eigenvalue weighted by Crippen LogP contribution is 2.10. The third-order valence-corrected chi connectivity index (χ3v) is 2.53. The average molecular weight is 270 g/mol. The lowest BCUT2D eigenvalue weighted by molar-refractivity contribution is 0.502. The lowest BCUT2D eigenvalue weighted by atomic mass is 10.0. The summed E-state index contributed by atoms with van der Waals surface area (Å²) in [6, 6.07) is -0.0537. The molecule has 0 fully saturated rings. The van der Waals surface area contributed by atoms with E-state index in [0.717, 1.165) is 17.8 Å². The van der Waals surface area contributed by atoms with E-state index in [1.165, 1.54) is 0 Å². The molecule has 1 atom stereocenters. The summed E-state index contributed by atoms with van der Waals surface area (Å²) in [4.78, 5) is 6.26. The van der Waals surface area contributed by atoms with Crippen LogP contribution in [0.5, 0.6) is 0 Å². The molecule has 102 valence electrons. The molecule has 4 heteroatoms. The molecule has 0 radical (unpaired) electrons. The standard InChI is InChI=1S/C14H24ClN3/c1-5-7-12(10-11-15)13(16)8-9-14(17-6-2)18(3)4/h5-7,9-10,13H,8,11,16H2,1-4H3/b7-5-,12-10+,14-9+,17-6-. The molecule has 0 bridgehead atoms. The SMILES string of the molecule is C/C=C\C(=C/CCl)C(N)C/C=C(\N=C/C)N(C)C. The number of hydrogen-bond acceptors (Lipinski definition) is 3. The molecule has 1 unspecified atom stereocenters. The van der Waals surface area contributed by atoms with Crippen molar-refractivity contribution in [3.05, 3.63) is 35.7 Å². The Morgan fingerprint density at radius 1 is 1.33 bits per heavy atom. The van der Waals surface area contributed by atoms with Crippen molar-refractivity contribution >= 4 is 17.8 Å². The van der Waals surface area contributed by atoms with Gasteiger partial charge in [-0.2, -0.15) is 0 Å². The van der Waals surface area contributed by atoms with E-state index in [1.807, 2.05) is 57.1 Å². The second-order valence-electron chi connectivity index (χ2n) is 4.04. The van der Waals surface area contributed by atoms with Crippen molar-refractivity contribution in [1.82, 2.24) is 4.90 Å². The summed E-state index contributed by atoms with van der Waals surface area (Å²) in [6.07, 6.45) is 10.5. The minimum atomic E-state index is -0.0537. The number of rotatable bonds is 7. The summed E-state index contributed by atoms with van der Waals surface area (Å²) in [7, 11) is 3.93. The molecule has 0 aromatic heterocycles. The van der Waals surface area contributed by atoms with Gasteiger partial charge in [0.2, 0.25) is 0 Å². The second kappa shape index (κ2) is 9.92. The van der Waals surface area contributed by atoms with E-state index in [9.17, 15) is 0 Å². The molecule has 0 heterocycles. The fourth-order valence-electron chi connectivity index (χ4n) is 1.48. The largest absolute Gasteiger partial charge is 0.363 e. The molecule has 0 saturated carbocycles. The number of nitrogens with zero attached hydrogens (tertiary/aromatic N) is 2. The van der Waals surface area contributed by atoms with Crippen molar-refractivity contribution in [1.29, 1.82) is 0 Å². The van der Waals surface area contributed by atoms with Crippen LogP contribution in [0.1, 0.15) is 20.3 Å². The smallest absolute Gasteiger partial charge is 0.123 e. The number of aliphatic imine (C=N–C) groups is 1. The van der Waals surface area contributed by atoms with E-state index >= 15 is 0 Å². The zero-order chi connectivity index (χ0) is 14.0. The molecule has 0 aliphatic carbocycles. The van der Waals surface area contributed by atoms with Crippen LogP contribution in [0, 0.1) is 0 Å². The van der Waals surface area contributed by atoms with Crippen LogP contribution in [0.4, 0.5) is 0 Å². The van der Waals surface area contributed by atoms with Crippen molar-refractivity contribution in [2.24, 2.45) is 10.7 Å². The summed E-state index contributed by atoms with van der Waals surface area (Å²) in [5, 5.41) is 0. The van der Waals surface area contributed by atoms with E-state index < -0.39 is 0 Å². The van der Waals surface area contributed by atoms with Gasteiger partial charge in [-0.25, -0.2) is 4.99 Å². The molecule has 0 aliphatic heterocycles. The topological polar surface area (TPSA) is 41.6 Å². The van der Waals surface area contributed by atoms with Crippen LogP contribution < -0.4 is 5.73 Å². The highest BCUT2D eigenvalue weighted by molar-refractivity contribution is 6.19. The first kappa shape index (κ1) is 16.9. The van der Waals surface area contributed by atoms with Gasteiger partial charge in [0.25, 0.3) is 0 Å². The van der Waals surface area contributed by atoms with Crippen LogP contribution in [-0.2, 0) is 0 Å². The van der Waals surface area contributed by atoms with Crippen molar-refractivity contribution < 1.29 is 0 Å². The normalized spacial score (nSPS) is 15.7. The number of halogens is 1. The van der Waals surface area contributed by atoms with Gasteiger partial charge >= 0.3 is 0 Å². The summed E-state index contributed by atoms with van der Waals surface area (Å²) in [5.41, 5.74) is 7.20. The third kappa shape index (κ3) is 6.62. The van der Waals surface area contributed by atoms with Gasteiger partial charge in [0.05, 0.1) is 0 Å². The van der Waals surface area contributed by atoms with Crippen molar-refractivity contribution in [2.45, 2.75) is 26.3 Å². The van der Waals surface area contributed by atoms with Gasteiger partial charge in [-0.15, -0.1) is 11.6 Å². The Morgan fingerprint density at radius 3 is 2.44 bits per heavy atom. The lowest BCUT2D eigenvalue weighted by Gasteiger charge is -2.15. The maximum atomic E-state index is 6.14. The summed E-state index contributed by atoms with van der Waals surface area (Å²) in [6.45, 7) is 3.87. The first-order chi connectivity index (χ1) is 8.56. The third-order valence-electron chi connectivity index (χ3n) is 2.37. The fraction of sp³-hybridized carbons (Fsp3) is 0.500. The van der Waals surface area contributed by atoms with E-state index in [-0.39, 0.29) is 6.04 Å². The molecule has 0 rings (SSSR count). The predicted molar refractivity (Wildman–Crippen MR) is 82.1 cm³/mol. The van der Waals surface area contributed by atoms with Crippen LogP contribution in [0.25, 0.3) is 0 Å². The Labute approximate surface area is 116 Å². The van der Waals surface area contributed by atoms with E-state index in [1.54, 1.807) is 6.21 Å². The molecular formula is C14H24ClN3. The van der Waals surface area contributed by atoms with Crippen molar-refractivity contribution in [3.63, 3.8) is 0 Å². The van der Waals surface area contributed by atoms with Gasteiger partial charge in [0, 0.05) is 32.2 Å². The summed E-state index contributed by atoms with van der Waals surface area (Å²) < 4.78 is 0. The Bertz CT molecular complexity index is 341. The minimum Gasteiger partial charge on any atom is -0.363 e.